The molecule has 1 aliphatic carbocycles. The van der Waals surface area contributed by atoms with E-state index in [1.807, 2.05) is 4.90 Å². The van der Waals surface area contributed by atoms with Crippen LogP contribution in [0.1, 0.15) is 51.4 Å². The van der Waals surface area contributed by atoms with Crippen molar-refractivity contribution < 1.29 is 18.3 Å². The largest absolute Gasteiger partial charge is 0.375 e. The Morgan fingerprint density at radius 1 is 1.24 bits per heavy atom. The first-order chi connectivity index (χ1) is 10.1. The Kier molecular flexibility index (Phi) is 9.50. The molecule has 1 aliphatic rings. The number of hydrogen-bond acceptors (Lipinski definition) is 3. The number of nitrogens with zero attached hydrogens (tertiary/aromatic N) is 1. The second kappa shape index (κ2) is 10.9. The first-order valence-electron chi connectivity index (χ1n) is 8.00. The molecule has 0 aliphatic heterocycles. The number of carbonyl (C=O) groups excluding carboxylic acids is 1. The average Bonchev–Trinajstić information content (AvgIpc) is 2.73. The summed E-state index contributed by atoms with van der Waals surface area (Å²) in [6, 6.07) is 0.279. The van der Waals surface area contributed by atoms with Crippen LogP contribution >= 0.6 is 0 Å². The van der Waals surface area contributed by atoms with Crippen LogP contribution in [-0.2, 0) is 9.53 Å². The maximum Gasteiger partial charge on any atom is 0.261 e. The molecule has 0 radical (unpaired) electrons. The van der Waals surface area contributed by atoms with Crippen molar-refractivity contribution in [1.29, 1.82) is 0 Å². The number of amides is 1. The molecule has 21 heavy (non-hydrogen) atoms. The van der Waals surface area contributed by atoms with E-state index in [4.69, 9.17) is 10.5 Å². The number of hydrogen-bond donors (Lipinski definition) is 1. The van der Waals surface area contributed by atoms with Crippen molar-refractivity contribution in [2.75, 3.05) is 26.3 Å². The predicted octanol–water partition coefficient (Wildman–Crippen LogP) is 2.56. The molecule has 1 saturated carbocycles. The van der Waals surface area contributed by atoms with Crippen LogP contribution in [0.25, 0.3) is 0 Å². The van der Waals surface area contributed by atoms with Gasteiger partial charge in [-0.3, -0.25) is 4.79 Å². The first kappa shape index (κ1) is 18.3. The standard InChI is InChI=1S/C15H28F2N2O2/c16-14(17)12-21-11-8-15(20)19(10-5-9-18)13-6-3-1-2-4-7-13/h13-14H,1-12,18H2. The summed E-state index contributed by atoms with van der Waals surface area (Å²) in [7, 11) is 0. The summed E-state index contributed by atoms with van der Waals surface area (Å²) in [6.45, 7) is 0.682. The van der Waals surface area contributed by atoms with Crippen molar-refractivity contribution in [2.45, 2.75) is 63.8 Å². The summed E-state index contributed by atoms with van der Waals surface area (Å²) in [5.74, 6) is 0.00427. The quantitative estimate of drug-likeness (QED) is 0.526. The van der Waals surface area contributed by atoms with Gasteiger partial charge in [-0.15, -0.1) is 0 Å². The molecule has 0 saturated heterocycles. The highest BCUT2D eigenvalue weighted by atomic mass is 19.3. The lowest BCUT2D eigenvalue weighted by Gasteiger charge is -2.31. The van der Waals surface area contributed by atoms with Crippen LogP contribution in [0.5, 0.6) is 0 Å². The smallest absolute Gasteiger partial charge is 0.261 e. The van der Waals surface area contributed by atoms with Crippen LogP contribution in [0.3, 0.4) is 0 Å². The molecular formula is C15H28F2N2O2. The molecule has 1 rings (SSSR count). The van der Waals surface area contributed by atoms with E-state index in [0.29, 0.717) is 13.1 Å². The molecule has 0 atom stereocenters. The lowest BCUT2D eigenvalue weighted by Crippen LogP contribution is -2.41. The van der Waals surface area contributed by atoms with Gasteiger partial charge in [0.1, 0.15) is 6.61 Å². The van der Waals surface area contributed by atoms with Gasteiger partial charge in [-0.1, -0.05) is 25.7 Å². The summed E-state index contributed by atoms with van der Waals surface area (Å²) in [6.07, 6.45) is 5.31. The van der Waals surface area contributed by atoms with E-state index in [1.54, 1.807) is 0 Å². The molecule has 0 spiro atoms. The summed E-state index contributed by atoms with van der Waals surface area (Å²) in [5.41, 5.74) is 5.55. The number of ether oxygens (including phenoxy) is 1. The van der Waals surface area contributed by atoms with E-state index in [1.165, 1.54) is 12.8 Å². The van der Waals surface area contributed by atoms with Gasteiger partial charge in [0, 0.05) is 12.6 Å². The monoisotopic (exact) mass is 306 g/mol. The molecule has 0 aromatic heterocycles. The van der Waals surface area contributed by atoms with E-state index >= 15 is 0 Å². The fourth-order valence-corrected chi connectivity index (χ4v) is 2.82. The number of halogens is 2. The molecule has 0 heterocycles. The first-order valence-corrected chi connectivity index (χ1v) is 8.00. The van der Waals surface area contributed by atoms with Crippen LogP contribution < -0.4 is 5.73 Å². The Morgan fingerprint density at radius 3 is 2.48 bits per heavy atom. The van der Waals surface area contributed by atoms with Gasteiger partial charge < -0.3 is 15.4 Å². The van der Waals surface area contributed by atoms with Crippen LogP contribution in [0.2, 0.25) is 0 Å². The molecule has 0 unspecified atom stereocenters. The minimum atomic E-state index is -2.48. The Hall–Kier alpha value is -0.750. The third-order valence-corrected chi connectivity index (χ3v) is 3.89. The van der Waals surface area contributed by atoms with Gasteiger partial charge in [-0.2, -0.15) is 0 Å². The van der Waals surface area contributed by atoms with Gasteiger partial charge >= 0.3 is 0 Å². The van der Waals surface area contributed by atoms with Gasteiger partial charge in [-0.05, 0) is 25.8 Å². The van der Waals surface area contributed by atoms with E-state index in [-0.39, 0.29) is 25.0 Å². The fraction of sp³-hybridized carbons (Fsp3) is 0.933. The van der Waals surface area contributed by atoms with Crippen molar-refractivity contribution in [3.8, 4) is 0 Å². The van der Waals surface area contributed by atoms with Gasteiger partial charge in [0.15, 0.2) is 0 Å². The van der Waals surface area contributed by atoms with E-state index < -0.39 is 13.0 Å². The highest BCUT2D eigenvalue weighted by Crippen LogP contribution is 2.22. The van der Waals surface area contributed by atoms with Crippen LogP contribution in [0.15, 0.2) is 0 Å². The van der Waals surface area contributed by atoms with Crippen LogP contribution in [-0.4, -0.2) is 49.6 Å². The SMILES string of the molecule is NCCCN(C(=O)CCOCC(F)F)C1CCCCCC1. The number of carbonyl (C=O) groups is 1. The topological polar surface area (TPSA) is 55.6 Å². The minimum absolute atomic E-state index is 0.00427. The minimum Gasteiger partial charge on any atom is -0.375 e. The summed E-state index contributed by atoms with van der Waals surface area (Å²) >= 11 is 0. The molecule has 0 bridgehead atoms. The maximum atomic E-state index is 12.3. The van der Waals surface area contributed by atoms with Crippen molar-refractivity contribution in [2.24, 2.45) is 5.73 Å². The Labute approximate surface area is 126 Å². The molecule has 124 valence electrons. The zero-order chi connectivity index (χ0) is 15.5. The Balaban J connectivity index is 2.44. The van der Waals surface area contributed by atoms with Crippen molar-refractivity contribution in [1.82, 2.24) is 4.90 Å². The number of rotatable bonds is 9. The summed E-state index contributed by atoms with van der Waals surface area (Å²) < 4.78 is 28.8. The number of nitrogens with two attached hydrogens (primary N) is 1. The predicted molar refractivity (Wildman–Crippen MR) is 78.3 cm³/mol. The molecule has 0 aromatic rings. The molecule has 1 amide bonds. The lowest BCUT2D eigenvalue weighted by molar-refractivity contribution is -0.135. The molecule has 2 N–H and O–H groups in total. The molecule has 4 nitrogen and oxygen atoms in total. The second-order valence-corrected chi connectivity index (χ2v) is 5.59. The van der Waals surface area contributed by atoms with E-state index in [2.05, 4.69) is 0 Å². The van der Waals surface area contributed by atoms with Crippen molar-refractivity contribution in [3.05, 3.63) is 0 Å². The van der Waals surface area contributed by atoms with E-state index in [0.717, 1.165) is 32.1 Å². The molecule has 0 aromatic carbocycles. The van der Waals surface area contributed by atoms with Gasteiger partial charge in [0.05, 0.1) is 13.0 Å². The van der Waals surface area contributed by atoms with Gasteiger partial charge in [0.2, 0.25) is 5.91 Å². The third kappa shape index (κ3) is 7.71. The van der Waals surface area contributed by atoms with E-state index in [9.17, 15) is 13.6 Å². The van der Waals surface area contributed by atoms with Gasteiger partial charge in [-0.25, -0.2) is 8.78 Å². The van der Waals surface area contributed by atoms with Crippen LogP contribution in [0.4, 0.5) is 8.78 Å². The Morgan fingerprint density at radius 2 is 1.90 bits per heavy atom. The Bertz CT molecular complexity index is 283. The lowest BCUT2D eigenvalue weighted by atomic mass is 10.1. The summed E-state index contributed by atoms with van der Waals surface area (Å²) in [4.78, 5) is 14.2. The fourth-order valence-electron chi connectivity index (χ4n) is 2.82. The molecular weight excluding hydrogens is 278 g/mol. The maximum absolute atomic E-state index is 12.3. The average molecular weight is 306 g/mol. The van der Waals surface area contributed by atoms with Crippen LogP contribution in [0, 0.1) is 0 Å². The normalized spacial score (nSPS) is 17.0. The highest BCUT2D eigenvalue weighted by Gasteiger charge is 2.23. The molecule has 1 fully saturated rings. The third-order valence-electron chi connectivity index (χ3n) is 3.89. The zero-order valence-electron chi connectivity index (χ0n) is 12.7. The highest BCUT2D eigenvalue weighted by molar-refractivity contribution is 5.76. The summed E-state index contributed by atoms with van der Waals surface area (Å²) in [5, 5.41) is 0. The van der Waals surface area contributed by atoms with Crippen molar-refractivity contribution >= 4 is 5.91 Å². The second-order valence-electron chi connectivity index (χ2n) is 5.59. The van der Waals surface area contributed by atoms with Crippen molar-refractivity contribution in [3.63, 3.8) is 0 Å². The van der Waals surface area contributed by atoms with Gasteiger partial charge in [0.25, 0.3) is 6.43 Å². The zero-order valence-corrected chi connectivity index (χ0v) is 12.7. The number of alkyl halides is 2. The molecule has 6 heteroatoms.